The van der Waals surface area contributed by atoms with Crippen LogP contribution in [-0.2, 0) is 10.0 Å². The lowest BCUT2D eigenvalue weighted by Crippen LogP contribution is -2.52. The maximum Gasteiger partial charge on any atom is 0.244 e. The summed E-state index contributed by atoms with van der Waals surface area (Å²) in [4.78, 5) is -0.565. The fraction of sp³-hybridized carbons (Fsp3) is 0.571. The molecule has 0 aromatic heterocycles. The van der Waals surface area contributed by atoms with Gasteiger partial charge in [-0.05, 0) is 37.8 Å². The van der Waals surface area contributed by atoms with E-state index in [0.29, 0.717) is 12.5 Å². The Kier molecular flexibility index (Phi) is 7.41. The number of nitrogens with two attached hydrogens (primary N) is 1. The van der Waals surface area contributed by atoms with E-state index in [-0.39, 0.29) is 30.4 Å². The second-order valence-corrected chi connectivity index (χ2v) is 7.65. The number of rotatable bonds is 6. The third-order valence-electron chi connectivity index (χ3n) is 3.19. The van der Waals surface area contributed by atoms with Crippen molar-refractivity contribution in [1.29, 1.82) is 0 Å². The van der Waals surface area contributed by atoms with Gasteiger partial charge in [-0.15, -0.1) is 12.4 Å². The normalized spacial score (nSPS) is 14.5. The second-order valence-electron chi connectivity index (χ2n) is 6.00. The Hall–Kier alpha value is -0.760. The van der Waals surface area contributed by atoms with Gasteiger partial charge in [-0.1, -0.05) is 13.8 Å². The second kappa shape index (κ2) is 7.68. The number of hydrogen-bond acceptors (Lipinski definition) is 3. The first-order valence-corrected chi connectivity index (χ1v) is 8.19. The zero-order valence-corrected chi connectivity index (χ0v) is 14.7. The lowest BCUT2D eigenvalue weighted by molar-refractivity contribution is 0.344. The number of benzene rings is 1. The fourth-order valence-electron chi connectivity index (χ4n) is 2.28. The van der Waals surface area contributed by atoms with Gasteiger partial charge in [-0.25, -0.2) is 21.9 Å². The van der Waals surface area contributed by atoms with Gasteiger partial charge < -0.3 is 5.73 Å². The molecular formula is C14H23ClF2N2O2S. The van der Waals surface area contributed by atoms with Gasteiger partial charge >= 0.3 is 0 Å². The van der Waals surface area contributed by atoms with Gasteiger partial charge in [0, 0.05) is 18.2 Å². The third kappa shape index (κ3) is 5.15. The van der Waals surface area contributed by atoms with Gasteiger partial charge in [0.2, 0.25) is 10.0 Å². The molecular weight excluding hydrogens is 334 g/mol. The van der Waals surface area contributed by atoms with Crippen LogP contribution in [0, 0.1) is 24.5 Å². The lowest BCUT2D eigenvalue weighted by Gasteiger charge is -2.30. The van der Waals surface area contributed by atoms with Crippen molar-refractivity contribution >= 4 is 22.4 Å². The molecule has 1 atom stereocenters. The standard InChI is InChI=1S/C14H22F2N2O2S.ClH/c1-9(2)7-14(4,8-17)18-21(19,20)13-5-10(3)11(15)6-12(13)16;/h5-6,9,18H,7-8,17H2,1-4H3;1H. The van der Waals surface area contributed by atoms with Gasteiger partial charge in [0.05, 0.1) is 0 Å². The third-order valence-corrected chi connectivity index (χ3v) is 4.85. The van der Waals surface area contributed by atoms with Crippen molar-refractivity contribution in [3.63, 3.8) is 0 Å². The van der Waals surface area contributed by atoms with Gasteiger partial charge in [0.1, 0.15) is 16.5 Å². The lowest BCUT2D eigenvalue weighted by atomic mass is 9.92. The number of hydrogen-bond donors (Lipinski definition) is 2. The van der Waals surface area contributed by atoms with Crippen molar-refractivity contribution in [2.75, 3.05) is 6.54 Å². The monoisotopic (exact) mass is 356 g/mol. The number of halogens is 3. The molecule has 1 unspecified atom stereocenters. The van der Waals surface area contributed by atoms with Crippen LogP contribution in [-0.4, -0.2) is 20.5 Å². The van der Waals surface area contributed by atoms with Gasteiger partial charge in [-0.3, -0.25) is 0 Å². The SMILES string of the molecule is Cc1cc(S(=O)(=O)NC(C)(CN)CC(C)C)c(F)cc1F.Cl. The quantitative estimate of drug-likeness (QED) is 0.823. The summed E-state index contributed by atoms with van der Waals surface area (Å²) in [5.74, 6) is -1.69. The highest BCUT2D eigenvalue weighted by atomic mass is 35.5. The highest BCUT2D eigenvalue weighted by Crippen LogP contribution is 2.23. The summed E-state index contributed by atoms with van der Waals surface area (Å²) in [5.41, 5.74) is 4.83. The minimum absolute atomic E-state index is 0. The maximum atomic E-state index is 13.8. The number of aryl methyl sites for hydroxylation is 1. The molecule has 0 radical (unpaired) electrons. The minimum Gasteiger partial charge on any atom is -0.329 e. The first-order valence-electron chi connectivity index (χ1n) is 6.70. The van der Waals surface area contributed by atoms with Gasteiger partial charge in [0.25, 0.3) is 0 Å². The van der Waals surface area contributed by atoms with Crippen LogP contribution in [0.3, 0.4) is 0 Å². The van der Waals surface area contributed by atoms with Crippen LogP contribution in [0.2, 0.25) is 0 Å². The fourth-order valence-corrected chi connectivity index (χ4v) is 3.86. The molecule has 4 nitrogen and oxygen atoms in total. The molecule has 0 spiro atoms. The van der Waals surface area contributed by atoms with Crippen LogP contribution < -0.4 is 10.5 Å². The van der Waals surface area contributed by atoms with Crippen molar-refractivity contribution in [1.82, 2.24) is 4.72 Å². The molecule has 1 aromatic rings. The first kappa shape index (κ1) is 21.2. The summed E-state index contributed by atoms with van der Waals surface area (Å²) in [6, 6.07) is 1.56. The van der Waals surface area contributed by atoms with E-state index in [2.05, 4.69) is 4.72 Å². The summed E-state index contributed by atoms with van der Waals surface area (Å²) in [7, 11) is -4.12. The molecule has 0 aliphatic heterocycles. The number of nitrogens with one attached hydrogen (secondary N) is 1. The summed E-state index contributed by atoms with van der Waals surface area (Å²) >= 11 is 0. The summed E-state index contributed by atoms with van der Waals surface area (Å²) < 4.78 is 54.2. The molecule has 3 N–H and O–H groups in total. The van der Waals surface area contributed by atoms with E-state index < -0.39 is 32.1 Å². The Bertz CT molecular complexity index is 624. The van der Waals surface area contributed by atoms with Crippen molar-refractivity contribution in [3.05, 3.63) is 29.3 Å². The van der Waals surface area contributed by atoms with E-state index in [0.717, 1.165) is 6.07 Å². The molecule has 8 heteroatoms. The molecule has 0 saturated carbocycles. The van der Waals surface area contributed by atoms with E-state index in [1.807, 2.05) is 13.8 Å². The zero-order valence-electron chi connectivity index (χ0n) is 13.1. The summed E-state index contributed by atoms with van der Waals surface area (Å²) in [6.07, 6.45) is 0.504. The maximum absolute atomic E-state index is 13.8. The van der Waals surface area contributed by atoms with Crippen LogP contribution in [0.15, 0.2) is 17.0 Å². The summed E-state index contributed by atoms with van der Waals surface area (Å²) in [5, 5.41) is 0. The molecule has 0 fully saturated rings. The molecule has 0 amide bonds. The van der Waals surface area contributed by atoms with Crippen molar-refractivity contribution in [2.45, 2.75) is 44.6 Å². The van der Waals surface area contributed by atoms with Crippen molar-refractivity contribution in [2.24, 2.45) is 11.7 Å². The van der Waals surface area contributed by atoms with Crippen LogP contribution in [0.4, 0.5) is 8.78 Å². The van der Waals surface area contributed by atoms with E-state index in [1.54, 1.807) is 6.92 Å². The first-order chi connectivity index (χ1) is 9.50. The Morgan fingerprint density at radius 2 is 1.82 bits per heavy atom. The van der Waals surface area contributed by atoms with E-state index >= 15 is 0 Å². The van der Waals surface area contributed by atoms with Gasteiger partial charge in [0.15, 0.2) is 0 Å². The van der Waals surface area contributed by atoms with Crippen LogP contribution in [0.5, 0.6) is 0 Å². The smallest absolute Gasteiger partial charge is 0.244 e. The summed E-state index contributed by atoms with van der Waals surface area (Å²) in [6.45, 7) is 6.99. The average molecular weight is 357 g/mol. The van der Waals surface area contributed by atoms with Gasteiger partial charge in [-0.2, -0.15) is 0 Å². The molecule has 0 aliphatic rings. The Balaban J connectivity index is 0.00000441. The molecule has 1 aromatic carbocycles. The molecule has 0 heterocycles. The van der Waals surface area contributed by atoms with Crippen LogP contribution in [0.25, 0.3) is 0 Å². The highest BCUT2D eigenvalue weighted by molar-refractivity contribution is 7.89. The Morgan fingerprint density at radius 1 is 1.27 bits per heavy atom. The Labute approximate surface area is 136 Å². The highest BCUT2D eigenvalue weighted by Gasteiger charge is 2.32. The minimum atomic E-state index is -4.12. The molecule has 128 valence electrons. The van der Waals surface area contributed by atoms with Crippen LogP contribution in [0.1, 0.15) is 32.8 Å². The molecule has 1 rings (SSSR count). The van der Waals surface area contributed by atoms with Crippen LogP contribution >= 0.6 is 12.4 Å². The topological polar surface area (TPSA) is 72.2 Å². The predicted molar refractivity (Wildman–Crippen MR) is 85.6 cm³/mol. The van der Waals surface area contributed by atoms with E-state index in [1.165, 1.54) is 6.92 Å². The molecule has 22 heavy (non-hydrogen) atoms. The average Bonchev–Trinajstić information content (AvgIpc) is 2.31. The zero-order chi connectivity index (χ0) is 16.4. The van der Waals surface area contributed by atoms with E-state index in [4.69, 9.17) is 5.73 Å². The van der Waals surface area contributed by atoms with Crippen molar-refractivity contribution < 1.29 is 17.2 Å². The molecule has 0 bridgehead atoms. The predicted octanol–water partition coefficient (Wildman–Crippen LogP) is 2.74. The van der Waals surface area contributed by atoms with E-state index in [9.17, 15) is 17.2 Å². The molecule has 0 saturated heterocycles. The Morgan fingerprint density at radius 3 is 2.27 bits per heavy atom. The van der Waals surface area contributed by atoms with Crippen molar-refractivity contribution in [3.8, 4) is 0 Å². The number of sulfonamides is 1. The molecule has 0 aliphatic carbocycles. The largest absolute Gasteiger partial charge is 0.329 e.